The molecule has 2 aromatic rings. The van der Waals surface area contributed by atoms with E-state index in [1.54, 1.807) is 0 Å². The Morgan fingerprint density at radius 3 is 2.93 bits per heavy atom. The molecule has 1 aliphatic heterocycles. The number of tetrazole rings is 1. The zero-order chi connectivity index (χ0) is 10.5. The van der Waals surface area contributed by atoms with Crippen molar-refractivity contribution in [2.75, 3.05) is 18.0 Å². The third kappa shape index (κ3) is 1.32. The number of aromatic nitrogens is 5. The highest BCUT2D eigenvalue weighted by atomic mass is 15.6. The van der Waals surface area contributed by atoms with Gasteiger partial charge in [0.25, 0.3) is 0 Å². The van der Waals surface area contributed by atoms with Gasteiger partial charge in [-0.2, -0.15) is 0 Å². The predicted molar refractivity (Wildman–Crippen MR) is 53.4 cm³/mol. The van der Waals surface area contributed by atoms with Gasteiger partial charge in [0, 0.05) is 18.6 Å². The first-order valence-electron chi connectivity index (χ1n) is 4.73. The number of fused-ring (bicyclic) bond motifs is 1. The fourth-order valence-corrected chi connectivity index (χ4v) is 1.80. The van der Waals surface area contributed by atoms with Gasteiger partial charge in [0.05, 0.1) is 0 Å². The summed E-state index contributed by atoms with van der Waals surface area (Å²) in [5.41, 5.74) is 6.47. The number of nitrogens with zero attached hydrogens (tertiary/aromatic N) is 6. The van der Waals surface area contributed by atoms with Gasteiger partial charge in [-0.05, 0) is 29.5 Å². The third-order valence-electron chi connectivity index (χ3n) is 2.48. The van der Waals surface area contributed by atoms with Crippen molar-refractivity contribution in [2.24, 2.45) is 5.73 Å². The predicted octanol–water partition coefficient (Wildman–Crippen LogP) is -0.943. The summed E-state index contributed by atoms with van der Waals surface area (Å²) in [5.74, 6) is 0.859. The Bertz CT molecular complexity index is 494. The first-order chi connectivity index (χ1) is 7.14. The van der Waals surface area contributed by atoms with E-state index in [-0.39, 0.29) is 5.54 Å². The molecule has 15 heavy (non-hydrogen) atoms. The molecule has 1 saturated heterocycles. The summed E-state index contributed by atoms with van der Waals surface area (Å²) in [6, 6.07) is 3.75. The van der Waals surface area contributed by atoms with Crippen LogP contribution in [0.4, 0.5) is 5.82 Å². The van der Waals surface area contributed by atoms with Gasteiger partial charge in [-0.1, -0.05) is 0 Å². The molecule has 7 heteroatoms. The minimum atomic E-state index is -0.0999. The molecule has 1 aliphatic rings. The molecule has 3 heterocycles. The van der Waals surface area contributed by atoms with Gasteiger partial charge >= 0.3 is 0 Å². The first kappa shape index (κ1) is 8.54. The molecular formula is C8H11N7. The van der Waals surface area contributed by atoms with Crippen molar-refractivity contribution in [1.29, 1.82) is 0 Å². The monoisotopic (exact) mass is 205 g/mol. The van der Waals surface area contributed by atoms with Gasteiger partial charge in [0.2, 0.25) is 0 Å². The number of anilines is 1. The normalized spacial score (nSPS) is 19.2. The SMILES string of the molecule is CC1(N)CN(c2ccc3nnnn3n2)C1. The molecule has 3 rings (SSSR count). The molecule has 0 radical (unpaired) electrons. The zero-order valence-electron chi connectivity index (χ0n) is 8.33. The van der Waals surface area contributed by atoms with Crippen LogP contribution in [-0.4, -0.2) is 43.9 Å². The summed E-state index contributed by atoms with van der Waals surface area (Å²) >= 11 is 0. The Balaban J connectivity index is 1.92. The zero-order valence-corrected chi connectivity index (χ0v) is 8.33. The maximum atomic E-state index is 5.93. The van der Waals surface area contributed by atoms with Gasteiger partial charge in [0.1, 0.15) is 0 Å². The summed E-state index contributed by atoms with van der Waals surface area (Å²) in [5, 5.41) is 15.3. The van der Waals surface area contributed by atoms with Crippen LogP contribution >= 0.6 is 0 Å². The molecule has 0 spiro atoms. The standard InChI is InChI=1S/C8H11N7/c1-8(9)4-14(5-8)7-3-2-6-10-12-13-15(6)11-7/h2-3H,4-5,9H2,1H3. The van der Waals surface area contributed by atoms with Crippen LogP contribution in [0.5, 0.6) is 0 Å². The van der Waals surface area contributed by atoms with Crippen molar-refractivity contribution in [3.05, 3.63) is 12.1 Å². The van der Waals surface area contributed by atoms with E-state index in [0.717, 1.165) is 18.9 Å². The minimum Gasteiger partial charge on any atom is -0.351 e. The lowest BCUT2D eigenvalue weighted by molar-refractivity contribution is 0.361. The van der Waals surface area contributed by atoms with E-state index >= 15 is 0 Å². The van der Waals surface area contributed by atoms with Crippen LogP contribution < -0.4 is 10.6 Å². The van der Waals surface area contributed by atoms with E-state index in [9.17, 15) is 0 Å². The lowest BCUT2D eigenvalue weighted by Gasteiger charge is -2.45. The summed E-state index contributed by atoms with van der Waals surface area (Å²) < 4.78 is 1.42. The summed E-state index contributed by atoms with van der Waals surface area (Å²) in [6.45, 7) is 3.65. The van der Waals surface area contributed by atoms with Crippen LogP contribution in [0.1, 0.15) is 6.92 Å². The molecule has 78 valence electrons. The lowest BCUT2D eigenvalue weighted by atomic mass is 9.94. The van der Waals surface area contributed by atoms with Crippen molar-refractivity contribution >= 4 is 11.5 Å². The molecule has 2 N–H and O–H groups in total. The van der Waals surface area contributed by atoms with Crippen LogP contribution in [-0.2, 0) is 0 Å². The van der Waals surface area contributed by atoms with E-state index < -0.39 is 0 Å². The Morgan fingerprint density at radius 2 is 2.20 bits per heavy atom. The van der Waals surface area contributed by atoms with Crippen LogP contribution in [0.15, 0.2) is 12.1 Å². The Hall–Kier alpha value is -1.76. The topological polar surface area (TPSA) is 85.2 Å². The van der Waals surface area contributed by atoms with Gasteiger partial charge in [-0.25, -0.2) is 0 Å². The molecule has 7 nitrogen and oxygen atoms in total. The lowest BCUT2D eigenvalue weighted by Crippen LogP contribution is -2.65. The van der Waals surface area contributed by atoms with Crippen molar-refractivity contribution < 1.29 is 0 Å². The van der Waals surface area contributed by atoms with E-state index in [1.807, 2.05) is 19.1 Å². The third-order valence-corrected chi connectivity index (χ3v) is 2.48. The fraction of sp³-hybridized carbons (Fsp3) is 0.500. The summed E-state index contributed by atoms with van der Waals surface area (Å²) in [4.78, 5) is 2.10. The fourth-order valence-electron chi connectivity index (χ4n) is 1.80. The second-order valence-corrected chi connectivity index (χ2v) is 4.23. The molecule has 1 fully saturated rings. The highest BCUT2D eigenvalue weighted by Crippen LogP contribution is 2.23. The molecular weight excluding hydrogens is 194 g/mol. The molecule has 0 amide bonds. The highest BCUT2D eigenvalue weighted by molar-refractivity contribution is 5.47. The van der Waals surface area contributed by atoms with E-state index in [1.165, 1.54) is 4.63 Å². The van der Waals surface area contributed by atoms with Gasteiger partial charge in [0.15, 0.2) is 11.5 Å². The Morgan fingerprint density at radius 1 is 1.40 bits per heavy atom. The van der Waals surface area contributed by atoms with E-state index in [4.69, 9.17) is 5.73 Å². The second-order valence-electron chi connectivity index (χ2n) is 4.23. The largest absolute Gasteiger partial charge is 0.351 e. The van der Waals surface area contributed by atoms with Gasteiger partial charge in [-0.15, -0.1) is 14.8 Å². The van der Waals surface area contributed by atoms with Crippen LogP contribution in [0.2, 0.25) is 0 Å². The van der Waals surface area contributed by atoms with Crippen LogP contribution in [0.3, 0.4) is 0 Å². The van der Waals surface area contributed by atoms with Crippen molar-refractivity contribution in [1.82, 2.24) is 25.3 Å². The Labute approximate surface area is 85.9 Å². The van der Waals surface area contributed by atoms with Crippen molar-refractivity contribution in [2.45, 2.75) is 12.5 Å². The first-order valence-corrected chi connectivity index (χ1v) is 4.73. The van der Waals surface area contributed by atoms with Crippen LogP contribution in [0.25, 0.3) is 5.65 Å². The number of nitrogens with two attached hydrogens (primary N) is 1. The second kappa shape index (κ2) is 2.63. The number of rotatable bonds is 1. The van der Waals surface area contributed by atoms with E-state index in [2.05, 4.69) is 25.5 Å². The molecule has 0 atom stereocenters. The van der Waals surface area contributed by atoms with Gasteiger partial charge in [-0.3, -0.25) is 0 Å². The van der Waals surface area contributed by atoms with E-state index in [0.29, 0.717) is 5.65 Å². The van der Waals surface area contributed by atoms with Gasteiger partial charge < -0.3 is 10.6 Å². The van der Waals surface area contributed by atoms with Crippen molar-refractivity contribution in [3.63, 3.8) is 0 Å². The highest BCUT2D eigenvalue weighted by Gasteiger charge is 2.35. The smallest absolute Gasteiger partial charge is 0.200 e. The molecule has 0 bridgehead atoms. The molecule has 0 unspecified atom stereocenters. The molecule has 0 aromatic carbocycles. The molecule has 2 aromatic heterocycles. The summed E-state index contributed by atoms with van der Waals surface area (Å²) in [7, 11) is 0. The average molecular weight is 205 g/mol. The van der Waals surface area contributed by atoms with Crippen molar-refractivity contribution in [3.8, 4) is 0 Å². The minimum absolute atomic E-state index is 0.0999. The maximum absolute atomic E-state index is 5.93. The average Bonchev–Trinajstić information content (AvgIpc) is 2.60. The quantitative estimate of drug-likeness (QED) is 0.646. The summed E-state index contributed by atoms with van der Waals surface area (Å²) in [6.07, 6.45) is 0. The van der Waals surface area contributed by atoms with Crippen LogP contribution in [0, 0.1) is 0 Å². The molecule has 0 aliphatic carbocycles. The maximum Gasteiger partial charge on any atom is 0.200 e. The number of hydrogen-bond acceptors (Lipinski definition) is 6. The Kier molecular flexibility index (Phi) is 1.50. The molecule has 0 saturated carbocycles. The number of hydrogen-bond donors (Lipinski definition) is 1.